The summed E-state index contributed by atoms with van der Waals surface area (Å²) in [6, 6.07) is 5.22. The van der Waals surface area contributed by atoms with Crippen LogP contribution in [0.25, 0.3) is 10.2 Å². The lowest BCUT2D eigenvalue weighted by Crippen LogP contribution is -2.21. The van der Waals surface area contributed by atoms with Crippen molar-refractivity contribution in [3.8, 4) is 0 Å². The Balaban J connectivity index is 1.82. The van der Waals surface area contributed by atoms with E-state index in [4.69, 9.17) is 23.2 Å². The molecule has 1 aliphatic carbocycles. The van der Waals surface area contributed by atoms with Gasteiger partial charge in [0, 0.05) is 4.88 Å². The van der Waals surface area contributed by atoms with Crippen LogP contribution >= 0.6 is 34.5 Å². The van der Waals surface area contributed by atoms with Crippen molar-refractivity contribution < 1.29 is 0 Å². The van der Waals surface area contributed by atoms with E-state index < -0.39 is 0 Å². The second-order valence-electron chi connectivity index (χ2n) is 6.09. The summed E-state index contributed by atoms with van der Waals surface area (Å²) in [6.45, 7) is 1.80. The predicted octanol–water partition coefficient (Wildman–Crippen LogP) is 4.83. The Labute approximate surface area is 158 Å². The SMILES string of the molecule is Cc1nc2sc3c(c2c(=O)n1N=Cc1ccc(Cl)c(Cl)c1)CCCC3. The zero-order valence-electron chi connectivity index (χ0n) is 13.6. The Morgan fingerprint density at radius 2 is 2.04 bits per heavy atom. The maximum absolute atomic E-state index is 13.0. The summed E-state index contributed by atoms with van der Waals surface area (Å²) in [6.07, 6.45) is 5.90. The second kappa shape index (κ2) is 6.56. The molecule has 0 bridgehead atoms. The van der Waals surface area contributed by atoms with Crippen LogP contribution in [0.2, 0.25) is 10.0 Å². The summed E-state index contributed by atoms with van der Waals surface area (Å²) in [5.41, 5.74) is 1.84. The van der Waals surface area contributed by atoms with E-state index in [1.54, 1.807) is 42.7 Å². The molecule has 0 spiro atoms. The van der Waals surface area contributed by atoms with E-state index in [2.05, 4.69) is 10.1 Å². The standard InChI is InChI=1S/C18H15Cl2N3OS/c1-10-22-17-16(12-4-2-3-5-15(12)25-17)18(24)23(10)21-9-11-6-7-13(19)14(20)8-11/h6-9H,2-5H2,1H3. The number of rotatable bonds is 2. The van der Waals surface area contributed by atoms with Gasteiger partial charge in [0.1, 0.15) is 10.7 Å². The molecule has 0 fully saturated rings. The summed E-state index contributed by atoms with van der Waals surface area (Å²) in [5.74, 6) is 0.576. The molecule has 7 heteroatoms. The van der Waals surface area contributed by atoms with Crippen molar-refractivity contribution in [2.24, 2.45) is 5.10 Å². The molecule has 2 heterocycles. The molecule has 0 unspecified atom stereocenters. The number of benzene rings is 1. The van der Waals surface area contributed by atoms with Crippen LogP contribution in [0, 0.1) is 6.92 Å². The summed E-state index contributed by atoms with van der Waals surface area (Å²) < 4.78 is 1.37. The summed E-state index contributed by atoms with van der Waals surface area (Å²) in [4.78, 5) is 19.7. The fourth-order valence-corrected chi connectivity index (χ4v) is 4.76. The van der Waals surface area contributed by atoms with E-state index in [1.165, 1.54) is 21.5 Å². The van der Waals surface area contributed by atoms with Crippen LogP contribution in [0.15, 0.2) is 28.1 Å². The van der Waals surface area contributed by atoms with Crippen molar-refractivity contribution in [1.82, 2.24) is 9.66 Å². The Bertz CT molecular complexity index is 1070. The average molecular weight is 392 g/mol. The molecule has 0 N–H and O–H groups in total. The third-order valence-corrected chi connectivity index (χ3v) is 6.32. The third-order valence-electron chi connectivity index (χ3n) is 4.39. The van der Waals surface area contributed by atoms with Crippen molar-refractivity contribution in [2.75, 3.05) is 0 Å². The van der Waals surface area contributed by atoms with Crippen molar-refractivity contribution in [3.63, 3.8) is 0 Å². The third kappa shape index (κ3) is 3.01. The highest BCUT2D eigenvalue weighted by atomic mass is 35.5. The molecular weight excluding hydrogens is 377 g/mol. The molecule has 2 aromatic heterocycles. The summed E-state index contributed by atoms with van der Waals surface area (Å²) >= 11 is 13.6. The molecule has 25 heavy (non-hydrogen) atoms. The highest BCUT2D eigenvalue weighted by molar-refractivity contribution is 7.18. The van der Waals surface area contributed by atoms with E-state index in [9.17, 15) is 4.79 Å². The predicted molar refractivity (Wildman–Crippen MR) is 105 cm³/mol. The van der Waals surface area contributed by atoms with Gasteiger partial charge in [0.15, 0.2) is 0 Å². The molecule has 4 rings (SSSR count). The van der Waals surface area contributed by atoms with Crippen molar-refractivity contribution >= 4 is 51.0 Å². The van der Waals surface area contributed by atoms with E-state index in [0.29, 0.717) is 15.9 Å². The Hall–Kier alpha value is -1.69. The first-order valence-corrected chi connectivity index (χ1v) is 9.65. The number of aryl methyl sites for hydroxylation is 3. The molecule has 3 aromatic rings. The van der Waals surface area contributed by atoms with E-state index in [-0.39, 0.29) is 5.56 Å². The summed E-state index contributed by atoms with van der Waals surface area (Å²) in [5, 5.41) is 6.02. The van der Waals surface area contributed by atoms with Gasteiger partial charge in [-0.1, -0.05) is 29.3 Å². The van der Waals surface area contributed by atoms with Gasteiger partial charge in [0.05, 0.1) is 21.6 Å². The number of aromatic nitrogens is 2. The molecule has 0 aliphatic heterocycles. The lowest BCUT2D eigenvalue weighted by Gasteiger charge is -2.10. The van der Waals surface area contributed by atoms with Crippen LogP contribution < -0.4 is 5.56 Å². The van der Waals surface area contributed by atoms with Crippen LogP contribution in [-0.2, 0) is 12.8 Å². The molecule has 128 valence electrons. The van der Waals surface area contributed by atoms with Gasteiger partial charge in [-0.15, -0.1) is 11.3 Å². The molecular formula is C18H15Cl2N3OS. The minimum absolute atomic E-state index is 0.0989. The van der Waals surface area contributed by atoms with Crippen molar-refractivity contribution in [2.45, 2.75) is 32.6 Å². The van der Waals surface area contributed by atoms with Crippen LogP contribution in [0.5, 0.6) is 0 Å². The highest BCUT2D eigenvalue weighted by Gasteiger charge is 2.21. The normalized spacial score (nSPS) is 14.4. The van der Waals surface area contributed by atoms with Gasteiger partial charge in [-0.25, -0.2) is 4.98 Å². The smallest absolute Gasteiger partial charge is 0.267 e. The average Bonchev–Trinajstić information content (AvgIpc) is 2.95. The molecule has 0 saturated heterocycles. The maximum atomic E-state index is 13.0. The molecule has 0 atom stereocenters. The number of fused-ring (bicyclic) bond motifs is 3. The van der Waals surface area contributed by atoms with Crippen LogP contribution in [0.4, 0.5) is 0 Å². The molecule has 1 aliphatic rings. The van der Waals surface area contributed by atoms with Gasteiger partial charge in [0.25, 0.3) is 5.56 Å². The lowest BCUT2D eigenvalue weighted by atomic mass is 9.97. The minimum Gasteiger partial charge on any atom is -0.267 e. The Morgan fingerprint density at radius 3 is 2.84 bits per heavy atom. The van der Waals surface area contributed by atoms with Gasteiger partial charge in [0.2, 0.25) is 0 Å². The molecule has 4 nitrogen and oxygen atoms in total. The number of nitrogens with zero attached hydrogens (tertiary/aromatic N) is 3. The van der Waals surface area contributed by atoms with Crippen LogP contribution in [-0.4, -0.2) is 15.9 Å². The number of halogens is 2. The minimum atomic E-state index is -0.0989. The van der Waals surface area contributed by atoms with Crippen LogP contribution in [0.3, 0.4) is 0 Å². The number of hydrogen-bond donors (Lipinski definition) is 0. The molecule has 1 aromatic carbocycles. The van der Waals surface area contributed by atoms with Gasteiger partial charge >= 0.3 is 0 Å². The van der Waals surface area contributed by atoms with Crippen molar-refractivity contribution in [1.29, 1.82) is 0 Å². The molecule has 0 amide bonds. The Kier molecular flexibility index (Phi) is 4.40. The van der Waals surface area contributed by atoms with E-state index in [1.807, 2.05) is 0 Å². The van der Waals surface area contributed by atoms with Gasteiger partial charge in [-0.3, -0.25) is 4.79 Å². The van der Waals surface area contributed by atoms with Gasteiger partial charge in [-0.05, 0) is 55.9 Å². The first-order valence-electron chi connectivity index (χ1n) is 8.08. The topological polar surface area (TPSA) is 47.2 Å². The first kappa shape index (κ1) is 16.8. The lowest BCUT2D eigenvalue weighted by molar-refractivity contribution is 0.698. The fraction of sp³-hybridized carbons (Fsp3) is 0.278. The number of hydrogen-bond acceptors (Lipinski definition) is 4. The van der Waals surface area contributed by atoms with E-state index in [0.717, 1.165) is 35.0 Å². The molecule has 0 saturated carbocycles. The second-order valence-corrected chi connectivity index (χ2v) is 7.98. The molecule has 0 radical (unpaired) electrons. The van der Waals surface area contributed by atoms with Crippen molar-refractivity contribution in [3.05, 3.63) is 60.4 Å². The number of thiophene rings is 1. The van der Waals surface area contributed by atoms with Gasteiger partial charge < -0.3 is 0 Å². The highest BCUT2D eigenvalue weighted by Crippen LogP contribution is 2.33. The maximum Gasteiger partial charge on any atom is 0.283 e. The fourth-order valence-electron chi connectivity index (χ4n) is 3.15. The van der Waals surface area contributed by atoms with E-state index >= 15 is 0 Å². The first-order chi connectivity index (χ1) is 12.0. The Morgan fingerprint density at radius 1 is 1.24 bits per heavy atom. The zero-order valence-corrected chi connectivity index (χ0v) is 15.9. The monoisotopic (exact) mass is 391 g/mol. The quantitative estimate of drug-likeness (QED) is 0.587. The van der Waals surface area contributed by atoms with Crippen LogP contribution in [0.1, 0.15) is 34.7 Å². The largest absolute Gasteiger partial charge is 0.283 e. The van der Waals surface area contributed by atoms with Gasteiger partial charge in [-0.2, -0.15) is 9.78 Å². The summed E-state index contributed by atoms with van der Waals surface area (Å²) in [7, 11) is 0. The zero-order chi connectivity index (χ0) is 17.6.